The van der Waals surface area contributed by atoms with Crippen LogP contribution in [-0.4, -0.2) is 56.6 Å². The number of alkyl halides is 1. The first-order chi connectivity index (χ1) is 16.3. The van der Waals surface area contributed by atoms with Crippen LogP contribution in [0.15, 0.2) is 47.4 Å². The fourth-order valence-corrected chi connectivity index (χ4v) is 7.00. The number of nitro benzene ring substituents is 1. The molecule has 1 aliphatic heterocycles. The number of rotatable bonds is 7. The van der Waals surface area contributed by atoms with E-state index in [1.165, 1.54) is 17.8 Å². The molecule has 2 aromatic carbocycles. The van der Waals surface area contributed by atoms with Crippen LogP contribution < -0.4 is 5.32 Å². The smallest absolute Gasteiger partial charge is 0.326 e. The standard InChI is InChI=1S/C24H26ClN3O5S/c1-3-27(4-2)23(29)13-9-10-16-14(11-13)20-15(22(26-16)24(30)31)12-19(21(20)25)34-18-8-6-5-7-17(18)28(32)33/h5-11,15,19-22,26H,3-4,12H2,1-2H3,(H,30,31)/t15-,19+,20+,21+,22-/m1/s1. The number of carbonyl (C=O) groups is 2. The Hall–Kier alpha value is -2.78. The number of nitrogens with zero attached hydrogens (tertiary/aromatic N) is 2. The van der Waals surface area contributed by atoms with Gasteiger partial charge in [-0.25, -0.2) is 4.79 Å². The first kappa shape index (κ1) is 24.3. The van der Waals surface area contributed by atoms with Crippen LogP contribution in [-0.2, 0) is 4.79 Å². The molecule has 0 saturated heterocycles. The van der Waals surface area contributed by atoms with Crippen LogP contribution in [0.25, 0.3) is 0 Å². The number of hydrogen-bond donors (Lipinski definition) is 2. The molecule has 0 radical (unpaired) electrons. The lowest BCUT2D eigenvalue weighted by atomic mass is 9.79. The van der Waals surface area contributed by atoms with Crippen LogP contribution in [0.5, 0.6) is 0 Å². The van der Waals surface area contributed by atoms with Crippen LogP contribution in [0.4, 0.5) is 11.4 Å². The maximum Gasteiger partial charge on any atom is 0.326 e. The highest BCUT2D eigenvalue weighted by Gasteiger charge is 2.52. The van der Waals surface area contributed by atoms with Crippen molar-refractivity contribution in [3.8, 4) is 0 Å². The maximum absolute atomic E-state index is 13.0. The van der Waals surface area contributed by atoms with E-state index in [9.17, 15) is 24.8 Å². The van der Waals surface area contributed by atoms with Gasteiger partial charge in [-0.1, -0.05) is 12.1 Å². The molecule has 0 bridgehead atoms. The van der Waals surface area contributed by atoms with E-state index in [1.807, 2.05) is 19.9 Å². The lowest BCUT2D eigenvalue weighted by Gasteiger charge is -2.36. The molecular weight excluding hydrogens is 478 g/mol. The molecule has 5 atom stereocenters. The zero-order valence-corrected chi connectivity index (χ0v) is 20.4. The number of anilines is 1. The highest BCUT2D eigenvalue weighted by atomic mass is 35.5. The summed E-state index contributed by atoms with van der Waals surface area (Å²) < 4.78 is 0. The molecule has 1 aliphatic carbocycles. The third-order valence-electron chi connectivity index (χ3n) is 6.72. The first-order valence-corrected chi connectivity index (χ1v) is 12.5. The van der Waals surface area contributed by atoms with E-state index in [0.717, 1.165) is 5.56 Å². The molecule has 180 valence electrons. The summed E-state index contributed by atoms with van der Waals surface area (Å²) in [5.41, 5.74) is 2.03. The molecule has 34 heavy (non-hydrogen) atoms. The Morgan fingerprint density at radius 1 is 1.24 bits per heavy atom. The Bertz CT molecular complexity index is 1130. The van der Waals surface area contributed by atoms with Crippen molar-refractivity contribution in [1.82, 2.24) is 4.90 Å². The van der Waals surface area contributed by atoms with Gasteiger partial charge in [0.2, 0.25) is 0 Å². The van der Waals surface area contributed by atoms with Crippen LogP contribution in [0.3, 0.4) is 0 Å². The Morgan fingerprint density at radius 3 is 2.59 bits per heavy atom. The maximum atomic E-state index is 13.0. The number of carboxylic acid groups (broad SMARTS) is 1. The number of amides is 1. The van der Waals surface area contributed by atoms with E-state index in [0.29, 0.717) is 35.7 Å². The van der Waals surface area contributed by atoms with Gasteiger partial charge in [0.1, 0.15) is 6.04 Å². The molecule has 1 saturated carbocycles. The van der Waals surface area contributed by atoms with Gasteiger partial charge in [0.05, 0.1) is 15.2 Å². The zero-order valence-electron chi connectivity index (χ0n) is 18.8. The topological polar surface area (TPSA) is 113 Å². The number of hydrogen-bond acceptors (Lipinski definition) is 6. The number of halogens is 1. The number of para-hydroxylation sites is 1. The lowest BCUT2D eigenvalue weighted by Crippen LogP contribution is -2.42. The average Bonchev–Trinajstić information content (AvgIpc) is 3.15. The quantitative estimate of drug-likeness (QED) is 0.316. The van der Waals surface area contributed by atoms with E-state index in [2.05, 4.69) is 5.32 Å². The fraction of sp³-hybridized carbons (Fsp3) is 0.417. The molecule has 2 aromatic rings. The third kappa shape index (κ3) is 4.34. The van der Waals surface area contributed by atoms with Crippen LogP contribution >= 0.6 is 23.4 Å². The molecule has 1 amide bonds. The number of nitrogens with one attached hydrogen (secondary N) is 1. The van der Waals surface area contributed by atoms with E-state index < -0.39 is 22.3 Å². The number of benzene rings is 2. The molecule has 0 unspecified atom stereocenters. The average molecular weight is 504 g/mol. The molecule has 2 N–H and O–H groups in total. The van der Waals surface area contributed by atoms with Gasteiger partial charge >= 0.3 is 5.97 Å². The third-order valence-corrected chi connectivity index (χ3v) is 8.83. The van der Waals surface area contributed by atoms with E-state index >= 15 is 0 Å². The molecule has 4 rings (SSSR count). The van der Waals surface area contributed by atoms with Crippen molar-refractivity contribution < 1.29 is 19.6 Å². The molecular formula is C24H26ClN3O5S. The highest BCUT2D eigenvalue weighted by Crippen LogP contribution is 2.55. The van der Waals surface area contributed by atoms with Crippen LogP contribution in [0, 0.1) is 16.0 Å². The second kappa shape index (κ2) is 9.84. The summed E-state index contributed by atoms with van der Waals surface area (Å²) in [6, 6.07) is 11.0. The van der Waals surface area contributed by atoms with Crippen molar-refractivity contribution in [3.63, 3.8) is 0 Å². The summed E-state index contributed by atoms with van der Waals surface area (Å²) in [4.78, 5) is 38.3. The van der Waals surface area contributed by atoms with Gasteiger partial charge in [0, 0.05) is 41.6 Å². The minimum Gasteiger partial charge on any atom is -0.480 e. The van der Waals surface area contributed by atoms with Crippen molar-refractivity contribution >= 4 is 46.6 Å². The van der Waals surface area contributed by atoms with E-state index in [-0.39, 0.29) is 28.7 Å². The second-order valence-corrected chi connectivity index (χ2v) is 10.3. The monoisotopic (exact) mass is 503 g/mol. The summed E-state index contributed by atoms with van der Waals surface area (Å²) in [5.74, 6) is -1.67. The van der Waals surface area contributed by atoms with Gasteiger partial charge in [0.25, 0.3) is 11.6 Å². The number of nitro groups is 1. The van der Waals surface area contributed by atoms with Crippen molar-refractivity contribution in [1.29, 1.82) is 0 Å². The molecule has 8 nitrogen and oxygen atoms in total. The Morgan fingerprint density at radius 2 is 1.94 bits per heavy atom. The SMILES string of the molecule is CCN(CC)C(=O)c1ccc2c(c1)[C@@H]1[C@@H](Cl)[C@@H](Sc3ccccc3[N+](=O)[O-])C[C@H]1[C@H](C(=O)O)N2. The molecule has 0 aromatic heterocycles. The molecule has 1 fully saturated rings. The van der Waals surface area contributed by atoms with Crippen molar-refractivity contribution in [2.75, 3.05) is 18.4 Å². The van der Waals surface area contributed by atoms with Gasteiger partial charge in [-0.15, -0.1) is 23.4 Å². The lowest BCUT2D eigenvalue weighted by molar-refractivity contribution is -0.387. The predicted octanol–water partition coefficient (Wildman–Crippen LogP) is 4.83. The zero-order chi connectivity index (χ0) is 24.6. The van der Waals surface area contributed by atoms with E-state index in [1.54, 1.807) is 35.2 Å². The summed E-state index contributed by atoms with van der Waals surface area (Å²) in [6.07, 6.45) is 0.479. The number of thioether (sulfide) groups is 1. The molecule has 1 heterocycles. The van der Waals surface area contributed by atoms with Gasteiger partial charge in [-0.3, -0.25) is 14.9 Å². The Kier molecular flexibility index (Phi) is 7.04. The number of carboxylic acids is 1. The largest absolute Gasteiger partial charge is 0.480 e. The van der Waals surface area contributed by atoms with Gasteiger partial charge in [0.15, 0.2) is 0 Å². The Labute approximate surface area is 206 Å². The molecule has 2 aliphatic rings. The van der Waals surface area contributed by atoms with Gasteiger partial charge in [-0.2, -0.15) is 0 Å². The van der Waals surface area contributed by atoms with Gasteiger partial charge < -0.3 is 15.3 Å². The normalized spacial score (nSPS) is 25.1. The highest BCUT2D eigenvalue weighted by molar-refractivity contribution is 8.00. The number of carbonyl (C=O) groups excluding carboxylic acids is 1. The van der Waals surface area contributed by atoms with Crippen molar-refractivity contribution in [3.05, 3.63) is 63.7 Å². The molecule has 0 spiro atoms. The summed E-state index contributed by atoms with van der Waals surface area (Å²) in [5, 5.41) is 23.8. The summed E-state index contributed by atoms with van der Waals surface area (Å²) in [6.45, 7) is 5.02. The van der Waals surface area contributed by atoms with Crippen LogP contribution in [0.2, 0.25) is 0 Å². The Balaban J connectivity index is 1.70. The minimum absolute atomic E-state index is 0.00616. The van der Waals surface area contributed by atoms with Gasteiger partial charge in [-0.05, 0) is 56.0 Å². The van der Waals surface area contributed by atoms with Crippen molar-refractivity contribution in [2.45, 2.75) is 47.8 Å². The fourth-order valence-electron chi connectivity index (χ4n) is 5.06. The van der Waals surface area contributed by atoms with Crippen LogP contribution in [0.1, 0.15) is 42.1 Å². The second-order valence-electron chi connectivity index (χ2n) is 8.49. The minimum atomic E-state index is -0.968. The number of aliphatic carboxylic acids is 1. The number of fused-ring (bicyclic) bond motifs is 3. The van der Waals surface area contributed by atoms with Crippen molar-refractivity contribution in [2.24, 2.45) is 5.92 Å². The molecule has 10 heteroatoms. The first-order valence-electron chi connectivity index (χ1n) is 11.2. The van der Waals surface area contributed by atoms with E-state index in [4.69, 9.17) is 11.6 Å². The predicted molar refractivity (Wildman–Crippen MR) is 132 cm³/mol. The summed E-state index contributed by atoms with van der Waals surface area (Å²) >= 11 is 8.30. The summed E-state index contributed by atoms with van der Waals surface area (Å²) in [7, 11) is 0.